The van der Waals surface area contributed by atoms with E-state index >= 15 is 0 Å². The Labute approximate surface area is 96.2 Å². The van der Waals surface area contributed by atoms with E-state index < -0.39 is 0 Å². The number of hydrogen-bond donors (Lipinski definition) is 0. The van der Waals surface area contributed by atoms with Crippen molar-refractivity contribution in [2.75, 3.05) is 0 Å². The Bertz CT molecular complexity index is 461. The van der Waals surface area contributed by atoms with Crippen LogP contribution in [0.15, 0.2) is 22.8 Å². The highest BCUT2D eigenvalue weighted by atomic mass is 79.9. The first-order chi connectivity index (χ1) is 6.61. The Morgan fingerprint density at radius 1 is 1.29 bits per heavy atom. The predicted octanol–water partition coefficient (Wildman–Crippen LogP) is 4.27. The number of nitrogens with zero attached hydrogens (tertiary/aromatic N) is 1. The van der Waals surface area contributed by atoms with Gasteiger partial charge in [0, 0.05) is 11.6 Å². The fourth-order valence-corrected chi connectivity index (χ4v) is 1.97. The molecule has 1 aromatic heterocycles. The smallest absolute Gasteiger partial charge is 0.0749 e. The van der Waals surface area contributed by atoms with Gasteiger partial charge in [0.15, 0.2) is 0 Å². The van der Waals surface area contributed by atoms with Gasteiger partial charge in [-0.1, -0.05) is 23.7 Å². The predicted molar refractivity (Wildman–Crippen MR) is 63.9 cm³/mol. The maximum absolute atomic E-state index is 6.16. The van der Waals surface area contributed by atoms with E-state index in [0.717, 1.165) is 20.4 Å². The molecule has 1 nitrogen and oxygen atoms in total. The average molecular weight is 271 g/mol. The molecule has 0 N–H and O–H groups in total. The van der Waals surface area contributed by atoms with Crippen molar-refractivity contribution >= 4 is 38.4 Å². The van der Waals surface area contributed by atoms with Gasteiger partial charge in [-0.3, -0.25) is 4.98 Å². The average Bonchev–Trinajstić information content (AvgIpc) is 2.17. The maximum Gasteiger partial charge on any atom is 0.0749 e. The van der Waals surface area contributed by atoms with E-state index in [9.17, 15) is 0 Å². The normalized spacial score (nSPS) is 10.9. The Balaban J connectivity index is 2.94. The summed E-state index contributed by atoms with van der Waals surface area (Å²) in [7, 11) is 0. The molecule has 0 amide bonds. The van der Waals surface area contributed by atoms with E-state index in [1.54, 1.807) is 6.20 Å². The molecule has 0 radical (unpaired) electrons. The summed E-state index contributed by atoms with van der Waals surface area (Å²) in [5.74, 6) is 0. The lowest BCUT2D eigenvalue weighted by atomic mass is 10.1. The van der Waals surface area contributed by atoms with Gasteiger partial charge in [-0.05, 0) is 40.9 Å². The summed E-state index contributed by atoms with van der Waals surface area (Å²) in [4.78, 5) is 4.37. The molecule has 14 heavy (non-hydrogen) atoms. The molecule has 72 valence electrons. The van der Waals surface area contributed by atoms with Crippen LogP contribution >= 0.6 is 27.5 Å². The molecule has 2 aromatic rings. The molecule has 0 aliphatic carbocycles. The third kappa shape index (κ3) is 1.43. The summed E-state index contributed by atoms with van der Waals surface area (Å²) in [6.45, 7) is 4.14. The topological polar surface area (TPSA) is 12.9 Å². The number of pyridine rings is 1. The molecular formula is C11H9BrClN. The van der Waals surface area contributed by atoms with Crippen LogP contribution in [0, 0.1) is 13.8 Å². The molecular weight excluding hydrogens is 261 g/mol. The first-order valence-corrected chi connectivity index (χ1v) is 5.48. The molecule has 0 aliphatic rings. The maximum atomic E-state index is 6.16. The van der Waals surface area contributed by atoms with Crippen LogP contribution in [0.2, 0.25) is 5.02 Å². The van der Waals surface area contributed by atoms with Crippen molar-refractivity contribution in [3.8, 4) is 0 Å². The van der Waals surface area contributed by atoms with Crippen molar-refractivity contribution in [1.29, 1.82) is 0 Å². The summed E-state index contributed by atoms with van der Waals surface area (Å²) < 4.78 is 0.843. The zero-order chi connectivity index (χ0) is 10.3. The van der Waals surface area contributed by atoms with Crippen LogP contribution in [-0.2, 0) is 0 Å². The van der Waals surface area contributed by atoms with Crippen LogP contribution < -0.4 is 0 Å². The fourth-order valence-electron chi connectivity index (χ4n) is 1.45. The Morgan fingerprint density at radius 2 is 2.00 bits per heavy atom. The van der Waals surface area contributed by atoms with Gasteiger partial charge in [0.1, 0.15) is 0 Å². The van der Waals surface area contributed by atoms with E-state index in [-0.39, 0.29) is 0 Å². The van der Waals surface area contributed by atoms with Gasteiger partial charge in [0.2, 0.25) is 0 Å². The Morgan fingerprint density at radius 3 is 2.71 bits per heavy atom. The van der Waals surface area contributed by atoms with Crippen molar-refractivity contribution < 1.29 is 0 Å². The Hall–Kier alpha value is -0.600. The second-order valence-corrected chi connectivity index (χ2v) is 4.56. The number of rotatable bonds is 0. The van der Waals surface area contributed by atoms with Gasteiger partial charge in [-0.15, -0.1) is 0 Å². The molecule has 0 bridgehead atoms. The van der Waals surface area contributed by atoms with Crippen LogP contribution in [0.5, 0.6) is 0 Å². The first kappa shape index (κ1) is 9.94. The minimum Gasteiger partial charge on any atom is -0.255 e. The number of hydrogen-bond acceptors (Lipinski definition) is 1. The second kappa shape index (κ2) is 3.52. The van der Waals surface area contributed by atoms with E-state index in [0.29, 0.717) is 0 Å². The largest absolute Gasteiger partial charge is 0.255 e. The van der Waals surface area contributed by atoms with Crippen molar-refractivity contribution in [3.05, 3.63) is 39.0 Å². The van der Waals surface area contributed by atoms with Crippen molar-refractivity contribution in [2.24, 2.45) is 0 Å². The zero-order valence-electron chi connectivity index (χ0n) is 7.94. The van der Waals surface area contributed by atoms with Crippen molar-refractivity contribution in [2.45, 2.75) is 13.8 Å². The number of halogens is 2. The highest BCUT2D eigenvalue weighted by molar-refractivity contribution is 9.10. The zero-order valence-corrected chi connectivity index (χ0v) is 10.3. The quantitative estimate of drug-likeness (QED) is 0.697. The van der Waals surface area contributed by atoms with Crippen LogP contribution in [-0.4, -0.2) is 4.98 Å². The molecule has 1 heterocycles. The van der Waals surface area contributed by atoms with Gasteiger partial charge in [0.25, 0.3) is 0 Å². The summed E-state index contributed by atoms with van der Waals surface area (Å²) in [6.07, 6.45) is 1.75. The number of fused-ring (bicyclic) bond motifs is 1. The van der Waals surface area contributed by atoms with Gasteiger partial charge >= 0.3 is 0 Å². The molecule has 0 aliphatic heterocycles. The molecule has 0 spiro atoms. The van der Waals surface area contributed by atoms with Gasteiger partial charge in [-0.2, -0.15) is 0 Å². The van der Waals surface area contributed by atoms with Gasteiger partial charge in [0.05, 0.1) is 15.0 Å². The molecule has 0 fully saturated rings. The molecule has 0 unspecified atom stereocenters. The van der Waals surface area contributed by atoms with Gasteiger partial charge < -0.3 is 0 Å². The van der Waals surface area contributed by atoms with E-state index in [4.69, 9.17) is 11.6 Å². The standard InChI is InChI=1S/C11H9BrClN/c1-6-3-4-8-10(13)9(12)5-14-11(8)7(6)2/h3-5H,1-2H3. The number of aromatic nitrogens is 1. The summed E-state index contributed by atoms with van der Waals surface area (Å²) >= 11 is 9.53. The molecule has 3 heteroatoms. The molecule has 0 saturated heterocycles. The lowest BCUT2D eigenvalue weighted by Crippen LogP contribution is -1.88. The van der Waals surface area contributed by atoms with Crippen LogP contribution in [0.4, 0.5) is 0 Å². The second-order valence-electron chi connectivity index (χ2n) is 3.32. The van der Waals surface area contributed by atoms with Crippen LogP contribution in [0.3, 0.4) is 0 Å². The van der Waals surface area contributed by atoms with E-state index in [2.05, 4.69) is 40.8 Å². The SMILES string of the molecule is Cc1ccc2c(Cl)c(Br)cnc2c1C. The summed E-state index contributed by atoms with van der Waals surface area (Å²) in [6, 6.07) is 4.08. The third-order valence-corrected chi connectivity index (χ3v) is 3.69. The van der Waals surface area contributed by atoms with Crippen LogP contribution in [0.1, 0.15) is 11.1 Å². The highest BCUT2D eigenvalue weighted by Gasteiger charge is 2.07. The number of benzene rings is 1. The minimum atomic E-state index is 0.734. The Kier molecular flexibility index (Phi) is 2.50. The molecule has 1 aromatic carbocycles. The van der Waals surface area contributed by atoms with Crippen molar-refractivity contribution in [3.63, 3.8) is 0 Å². The van der Waals surface area contributed by atoms with E-state index in [1.807, 2.05) is 6.07 Å². The fraction of sp³-hybridized carbons (Fsp3) is 0.182. The number of aryl methyl sites for hydroxylation is 2. The van der Waals surface area contributed by atoms with Gasteiger partial charge in [-0.25, -0.2) is 0 Å². The van der Waals surface area contributed by atoms with Crippen LogP contribution in [0.25, 0.3) is 10.9 Å². The summed E-state index contributed by atoms with van der Waals surface area (Å²) in [5, 5.41) is 1.74. The first-order valence-electron chi connectivity index (χ1n) is 4.31. The lowest BCUT2D eigenvalue weighted by Gasteiger charge is -2.06. The monoisotopic (exact) mass is 269 g/mol. The minimum absolute atomic E-state index is 0.734. The van der Waals surface area contributed by atoms with Crippen molar-refractivity contribution in [1.82, 2.24) is 4.98 Å². The lowest BCUT2D eigenvalue weighted by molar-refractivity contribution is 1.30. The summed E-state index contributed by atoms with van der Waals surface area (Å²) in [5.41, 5.74) is 3.42. The highest BCUT2D eigenvalue weighted by Crippen LogP contribution is 2.31. The molecule has 0 atom stereocenters. The molecule has 2 rings (SSSR count). The molecule has 0 saturated carbocycles. The third-order valence-electron chi connectivity index (χ3n) is 2.45. The van der Waals surface area contributed by atoms with E-state index in [1.165, 1.54) is 11.1 Å².